The smallest absolute Gasteiger partial charge is 0.263 e. The van der Waals surface area contributed by atoms with Gasteiger partial charge in [-0.25, -0.2) is 13.1 Å². The van der Waals surface area contributed by atoms with Crippen LogP contribution in [-0.4, -0.2) is 29.2 Å². The number of unbranched alkanes of at least 4 members (excludes halogenated alkanes) is 1. The molecule has 0 saturated heterocycles. The van der Waals surface area contributed by atoms with Gasteiger partial charge in [0.05, 0.1) is 4.90 Å². The molecule has 0 atom stereocenters. The van der Waals surface area contributed by atoms with Crippen molar-refractivity contribution in [3.63, 3.8) is 0 Å². The minimum Gasteiger partial charge on any atom is -0.287 e. The number of nitrogens with one attached hydrogen (secondary N) is 1. The molecule has 7 nitrogen and oxygen atoms in total. The highest BCUT2D eigenvalue weighted by molar-refractivity contribution is 7.92. The number of benzene rings is 2. The average molecular weight is 413 g/mol. The van der Waals surface area contributed by atoms with Gasteiger partial charge in [-0.3, -0.25) is 9.52 Å². The van der Waals surface area contributed by atoms with Crippen molar-refractivity contribution in [1.29, 1.82) is 0 Å². The minimum atomic E-state index is -3.90. The van der Waals surface area contributed by atoms with Crippen molar-refractivity contribution < 1.29 is 13.2 Å². The predicted octanol–water partition coefficient (Wildman–Crippen LogP) is 3.73. The van der Waals surface area contributed by atoms with Crippen LogP contribution in [0, 0.1) is 13.8 Å². The van der Waals surface area contributed by atoms with Crippen molar-refractivity contribution in [3.05, 3.63) is 70.9 Å². The van der Waals surface area contributed by atoms with Crippen molar-refractivity contribution in [2.45, 2.75) is 45.1 Å². The van der Waals surface area contributed by atoms with Gasteiger partial charge in [0, 0.05) is 12.1 Å². The summed E-state index contributed by atoms with van der Waals surface area (Å²) in [6.07, 6.45) is 1.67. The Morgan fingerprint density at radius 2 is 1.59 bits per heavy atom. The molecule has 8 heteroatoms. The Morgan fingerprint density at radius 1 is 1.00 bits per heavy atom. The molecule has 1 aromatic heterocycles. The van der Waals surface area contributed by atoms with Gasteiger partial charge in [0.25, 0.3) is 10.0 Å². The lowest BCUT2D eigenvalue weighted by molar-refractivity contribution is 0.103. The van der Waals surface area contributed by atoms with Crippen molar-refractivity contribution >= 4 is 21.6 Å². The Bertz CT molecular complexity index is 1100. The highest BCUT2D eigenvalue weighted by Gasteiger charge is 2.25. The van der Waals surface area contributed by atoms with Gasteiger partial charge in [-0.05, 0) is 32.4 Å². The second-order valence-corrected chi connectivity index (χ2v) is 8.66. The molecule has 0 radical (unpaired) electrons. The summed E-state index contributed by atoms with van der Waals surface area (Å²) in [7, 11) is -3.90. The molecule has 0 saturated carbocycles. The number of ketones is 1. The number of hydrogen-bond donors (Lipinski definition) is 1. The molecule has 3 rings (SSSR count). The van der Waals surface area contributed by atoms with Gasteiger partial charge >= 0.3 is 0 Å². The van der Waals surface area contributed by atoms with Crippen LogP contribution in [0.5, 0.6) is 0 Å². The second-order valence-electron chi connectivity index (χ2n) is 6.98. The van der Waals surface area contributed by atoms with E-state index in [9.17, 15) is 13.2 Å². The summed E-state index contributed by atoms with van der Waals surface area (Å²) in [5.74, 6) is -0.293. The zero-order chi connectivity index (χ0) is 21.0. The number of sulfonamides is 1. The van der Waals surface area contributed by atoms with Crippen molar-refractivity contribution in [1.82, 2.24) is 15.0 Å². The quantitative estimate of drug-likeness (QED) is 0.569. The molecule has 29 heavy (non-hydrogen) atoms. The van der Waals surface area contributed by atoms with Gasteiger partial charge in [0.15, 0.2) is 11.5 Å². The van der Waals surface area contributed by atoms with Crippen LogP contribution in [0.2, 0.25) is 0 Å². The van der Waals surface area contributed by atoms with Crippen molar-refractivity contribution in [2.24, 2.45) is 0 Å². The molecule has 0 bridgehead atoms. The first-order valence-corrected chi connectivity index (χ1v) is 10.9. The highest BCUT2D eigenvalue weighted by Crippen LogP contribution is 2.22. The van der Waals surface area contributed by atoms with E-state index in [1.807, 2.05) is 32.9 Å². The fraction of sp³-hybridized carbons (Fsp3) is 0.286. The van der Waals surface area contributed by atoms with E-state index in [1.54, 1.807) is 24.3 Å². The van der Waals surface area contributed by atoms with E-state index >= 15 is 0 Å². The van der Waals surface area contributed by atoms with Gasteiger partial charge in [-0.2, -0.15) is 0 Å². The molecule has 3 aromatic rings. The summed E-state index contributed by atoms with van der Waals surface area (Å²) in [4.78, 5) is 13.1. The number of carbonyl (C=O) groups excluding carboxylic acids is 1. The Labute approximate surface area is 170 Å². The molecular formula is C21H24N4O3S. The molecule has 0 aliphatic rings. The molecule has 2 aromatic carbocycles. The first-order valence-electron chi connectivity index (χ1n) is 9.46. The Morgan fingerprint density at radius 3 is 2.17 bits per heavy atom. The van der Waals surface area contributed by atoms with Gasteiger partial charge in [0.2, 0.25) is 5.78 Å². The molecule has 0 unspecified atom stereocenters. The van der Waals surface area contributed by atoms with Crippen molar-refractivity contribution in [3.8, 4) is 0 Å². The zero-order valence-electron chi connectivity index (χ0n) is 16.7. The topological polar surface area (TPSA) is 93.9 Å². The fourth-order valence-electron chi connectivity index (χ4n) is 2.78. The van der Waals surface area contributed by atoms with E-state index < -0.39 is 10.0 Å². The molecule has 0 aliphatic heterocycles. The van der Waals surface area contributed by atoms with Gasteiger partial charge in [-0.1, -0.05) is 66.1 Å². The lowest BCUT2D eigenvalue weighted by Gasteiger charge is -2.11. The highest BCUT2D eigenvalue weighted by atomic mass is 32.2. The maximum absolute atomic E-state index is 13.0. The summed E-state index contributed by atoms with van der Waals surface area (Å²) in [6, 6.07) is 13.5. The van der Waals surface area contributed by atoms with Crippen LogP contribution in [0.3, 0.4) is 0 Å². The maximum Gasteiger partial charge on any atom is 0.263 e. The van der Waals surface area contributed by atoms with Gasteiger partial charge in [0.1, 0.15) is 0 Å². The monoisotopic (exact) mass is 412 g/mol. The molecule has 0 fully saturated rings. The van der Waals surface area contributed by atoms with Crippen LogP contribution < -0.4 is 4.72 Å². The van der Waals surface area contributed by atoms with E-state index in [0.717, 1.165) is 24.0 Å². The molecule has 0 aliphatic carbocycles. The standard InChI is InChI=1S/C21H24N4O3S/c1-4-5-14-25-21(23-29(27,28)18-12-8-16(3)9-13-18)19(22-24-25)20(26)17-10-6-15(2)7-11-17/h6-13,23H,4-5,14H2,1-3H3. The van der Waals surface area contributed by atoms with Gasteiger partial charge in [-0.15, -0.1) is 5.10 Å². The Kier molecular flexibility index (Phi) is 6.12. The second kappa shape index (κ2) is 8.57. The van der Waals surface area contributed by atoms with Crippen LogP contribution in [0.4, 0.5) is 5.82 Å². The summed E-state index contributed by atoms with van der Waals surface area (Å²) in [5.41, 5.74) is 2.39. The van der Waals surface area contributed by atoms with Gasteiger partial charge < -0.3 is 0 Å². The Balaban J connectivity index is 2.01. The number of aromatic nitrogens is 3. The first-order chi connectivity index (χ1) is 13.8. The van der Waals surface area contributed by atoms with E-state index in [0.29, 0.717) is 12.1 Å². The molecule has 0 spiro atoms. The third-order valence-electron chi connectivity index (χ3n) is 4.55. The normalized spacial score (nSPS) is 11.4. The number of carbonyl (C=O) groups is 1. The lowest BCUT2D eigenvalue weighted by Crippen LogP contribution is -2.19. The number of anilines is 1. The van der Waals surface area contributed by atoms with Crippen LogP contribution in [0.15, 0.2) is 53.4 Å². The lowest BCUT2D eigenvalue weighted by atomic mass is 10.1. The number of hydrogen-bond acceptors (Lipinski definition) is 5. The molecule has 1 heterocycles. The van der Waals surface area contributed by atoms with Crippen LogP contribution in [0.1, 0.15) is 46.9 Å². The first kappa shape index (κ1) is 20.7. The fourth-order valence-corrected chi connectivity index (χ4v) is 3.85. The average Bonchev–Trinajstić information content (AvgIpc) is 3.08. The SMILES string of the molecule is CCCCn1nnc(C(=O)c2ccc(C)cc2)c1NS(=O)(=O)c1ccc(C)cc1. The largest absolute Gasteiger partial charge is 0.287 e. The number of nitrogens with zero attached hydrogens (tertiary/aromatic N) is 3. The third-order valence-corrected chi connectivity index (χ3v) is 5.90. The summed E-state index contributed by atoms with van der Waals surface area (Å²) in [5, 5.41) is 8.02. The summed E-state index contributed by atoms with van der Waals surface area (Å²) < 4.78 is 29.8. The molecule has 1 N–H and O–H groups in total. The molecular weight excluding hydrogens is 388 g/mol. The van der Waals surface area contributed by atoms with Crippen molar-refractivity contribution in [2.75, 3.05) is 4.72 Å². The molecule has 152 valence electrons. The number of aryl methyl sites for hydroxylation is 3. The Hall–Kier alpha value is -3.00. The third kappa shape index (κ3) is 4.71. The summed E-state index contributed by atoms with van der Waals surface area (Å²) >= 11 is 0. The summed E-state index contributed by atoms with van der Waals surface area (Å²) in [6.45, 7) is 6.28. The number of rotatable bonds is 8. The van der Waals surface area contributed by atoms with Crippen LogP contribution >= 0.6 is 0 Å². The van der Waals surface area contributed by atoms with E-state index in [2.05, 4.69) is 15.0 Å². The predicted molar refractivity (Wildman–Crippen MR) is 112 cm³/mol. The minimum absolute atomic E-state index is 0.0133. The zero-order valence-corrected chi connectivity index (χ0v) is 17.5. The van der Waals surface area contributed by atoms with E-state index in [-0.39, 0.29) is 22.2 Å². The maximum atomic E-state index is 13.0. The van der Waals surface area contributed by atoms with E-state index in [4.69, 9.17) is 0 Å². The van der Waals surface area contributed by atoms with Crippen LogP contribution in [0.25, 0.3) is 0 Å². The van der Waals surface area contributed by atoms with E-state index in [1.165, 1.54) is 16.8 Å². The van der Waals surface area contributed by atoms with Crippen LogP contribution in [-0.2, 0) is 16.6 Å². The molecule has 0 amide bonds.